The molecule has 0 fully saturated rings. The van der Waals surface area contributed by atoms with E-state index in [1.54, 1.807) is 22.7 Å². The van der Waals surface area contributed by atoms with Crippen molar-refractivity contribution in [3.8, 4) is 43.9 Å². The van der Waals surface area contributed by atoms with Crippen LogP contribution in [0.5, 0.6) is 23.0 Å². The third kappa shape index (κ3) is 5.76. The number of hydrogen-bond donors (Lipinski definition) is 0. The van der Waals surface area contributed by atoms with Crippen LogP contribution in [-0.4, -0.2) is 51.3 Å². The summed E-state index contributed by atoms with van der Waals surface area (Å²) in [7, 11) is 0. The highest BCUT2D eigenvalue weighted by Gasteiger charge is 2.42. The lowest BCUT2D eigenvalue weighted by molar-refractivity contribution is -0.114. The second-order valence-corrected chi connectivity index (χ2v) is 14.9. The second kappa shape index (κ2) is 14.2. The van der Waals surface area contributed by atoms with Crippen molar-refractivity contribution in [1.29, 1.82) is 0 Å². The van der Waals surface area contributed by atoms with E-state index in [2.05, 4.69) is 26.0 Å². The molecule has 10 heteroatoms. The molecule has 0 saturated heterocycles. The standard InChI is InChI=1S/C40H42N2O6S2/c1-3-5-7-9-15-41-29-21-25(37-35-31(23-49-37)45-17-19-47-35)11-13-27(29)33(39(41)43)34-28-14-12-26(38-36-32(24-50-38)46-18-20-48-36)22-30(28)42(40(34)44)16-10-8-6-4-2/h11-14,21-24H,3-10,15-20H2,1-2H3/b34-33-. The van der Waals surface area contributed by atoms with Gasteiger partial charge in [-0.2, -0.15) is 0 Å². The Morgan fingerprint density at radius 2 is 1.02 bits per heavy atom. The summed E-state index contributed by atoms with van der Waals surface area (Å²) in [6, 6.07) is 12.3. The third-order valence-corrected chi connectivity index (χ3v) is 11.9. The van der Waals surface area contributed by atoms with Gasteiger partial charge in [-0.15, -0.1) is 22.7 Å². The van der Waals surface area contributed by atoms with Crippen LogP contribution in [0.25, 0.3) is 32.0 Å². The normalized spacial score (nSPS) is 17.5. The molecule has 0 unspecified atom stereocenters. The van der Waals surface area contributed by atoms with Crippen molar-refractivity contribution >= 4 is 57.0 Å². The van der Waals surface area contributed by atoms with E-state index < -0.39 is 0 Å². The van der Waals surface area contributed by atoms with Crippen LogP contribution in [0.2, 0.25) is 0 Å². The maximum atomic E-state index is 14.6. The maximum absolute atomic E-state index is 14.6. The first-order valence-electron chi connectivity index (χ1n) is 18.0. The lowest BCUT2D eigenvalue weighted by Gasteiger charge is -2.19. The lowest BCUT2D eigenvalue weighted by Crippen LogP contribution is -2.30. The van der Waals surface area contributed by atoms with Crippen LogP contribution in [-0.2, 0) is 9.59 Å². The molecule has 260 valence electrons. The van der Waals surface area contributed by atoms with Gasteiger partial charge in [0.25, 0.3) is 11.8 Å². The SMILES string of the molecule is CCCCCCN1C(=O)/C(=C2\C(=O)N(CCCCCC)c3cc(-c4scc5c4OCCO5)ccc32)c2ccc(-c3scc4c3OCCO4)cc21. The fourth-order valence-electron chi connectivity index (χ4n) is 7.38. The minimum absolute atomic E-state index is 0.106. The Kier molecular flexibility index (Phi) is 9.31. The van der Waals surface area contributed by atoms with Crippen molar-refractivity contribution in [3.63, 3.8) is 0 Å². The molecule has 0 aliphatic carbocycles. The summed E-state index contributed by atoms with van der Waals surface area (Å²) in [6.07, 6.45) is 8.34. The van der Waals surface area contributed by atoms with Crippen molar-refractivity contribution in [2.24, 2.45) is 0 Å². The molecule has 4 aliphatic rings. The number of fused-ring (bicyclic) bond motifs is 4. The number of ether oxygens (including phenoxy) is 4. The molecule has 0 radical (unpaired) electrons. The molecule has 50 heavy (non-hydrogen) atoms. The molecule has 0 bridgehead atoms. The number of thiophene rings is 2. The van der Waals surface area contributed by atoms with Gasteiger partial charge in [0, 0.05) is 35.0 Å². The Morgan fingerprint density at radius 3 is 1.46 bits per heavy atom. The predicted molar refractivity (Wildman–Crippen MR) is 201 cm³/mol. The lowest BCUT2D eigenvalue weighted by atomic mass is 9.94. The van der Waals surface area contributed by atoms with E-state index in [-0.39, 0.29) is 11.8 Å². The van der Waals surface area contributed by atoms with Gasteiger partial charge in [0.2, 0.25) is 0 Å². The van der Waals surface area contributed by atoms with E-state index in [1.165, 1.54) is 0 Å². The Hall–Kier alpha value is -4.28. The molecule has 4 aromatic rings. The molecule has 0 saturated carbocycles. The Labute approximate surface area is 301 Å². The zero-order valence-electron chi connectivity index (χ0n) is 28.7. The van der Waals surface area contributed by atoms with Gasteiger partial charge in [-0.25, -0.2) is 0 Å². The first kappa shape index (κ1) is 32.9. The number of nitrogens with zero attached hydrogens (tertiary/aromatic N) is 2. The largest absolute Gasteiger partial charge is 0.485 e. The van der Waals surface area contributed by atoms with Gasteiger partial charge in [-0.3, -0.25) is 9.59 Å². The molecule has 0 spiro atoms. The van der Waals surface area contributed by atoms with Crippen LogP contribution < -0.4 is 28.7 Å². The highest BCUT2D eigenvalue weighted by Crippen LogP contribution is 2.52. The summed E-state index contributed by atoms with van der Waals surface area (Å²) in [5, 5.41) is 3.97. The number of carbonyl (C=O) groups is 2. The van der Waals surface area contributed by atoms with Gasteiger partial charge in [0.15, 0.2) is 23.0 Å². The van der Waals surface area contributed by atoms with E-state index in [0.717, 1.165) is 118 Å². The van der Waals surface area contributed by atoms with E-state index >= 15 is 0 Å². The molecule has 2 aromatic heterocycles. The minimum Gasteiger partial charge on any atom is -0.485 e. The molecule has 0 N–H and O–H groups in total. The van der Waals surface area contributed by atoms with Crippen LogP contribution in [0.1, 0.15) is 76.3 Å². The molecule has 2 amide bonds. The van der Waals surface area contributed by atoms with Crippen LogP contribution in [0.3, 0.4) is 0 Å². The molecule has 4 aliphatic heterocycles. The van der Waals surface area contributed by atoms with Crippen molar-refractivity contribution < 1.29 is 28.5 Å². The van der Waals surface area contributed by atoms with Crippen molar-refractivity contribution in [3.05, 3.63) is 58.3 Å². The molecule has 8 rings (SSSR count). The fraction of sp³-hybridized carbons (Fsp3) is 0.400. The number of hydrogen-bond acceptors (Lipinski definition) is 8. The third-order valence-electron chi connectivity index (χ3n) is 9.88. The van der Waals surface area contributed by atoms with Crippen LogP contribution in [0.4, 0.5) is 11.4 Å². The van der Waals surface area contributed by atoms with Crippen LogP contribution in [0.15, 0.2) is 47.2 Å². The molecular formula is C40H42N2O6S2. The average molecular weight is 711 g/mol. The summed E-state index contributed by atoms with van der Waals surface area (Å²) in [5.41, 5.74) is 6.25. The minimum atomic E-state index is -0.106. The van der Waals surface area contributed by atoms with E-state index in [9.17, 15) is 9.59 Å². The highest BCUT2D eigenvalue weighted by molar-refractivity contribution is 7.14. The number of rotatable bonds is 12. The monoisotopic (exact) mass is 710 g/mol. The van der Waals surface area contributed by atoms with Gasteiger partial charge >= 0.3 is 0 Å². The Morgan fingerprint density at radius 1 is 0.580 bits per heavy atom. The first-order chi connectivity index (χ1) is 24.6. The smallest absolute Gasteiger partial charge is 0.259 e. The van der Waals surface area contributed by atoms with Gasteiger partial charge in [0.1, 0.15) is 26.4 Å². The molecule has 0 atom stereocenters. The molecule has 2 aromatic carbocycles. The van der Waals surface area contributed by atoms with Gasteiger partial charge in [-0.05, 0) is 36.1 Å². The summed E-state index contributed by atoms with van der Waals surface area (Å²) in [6.45, 7) is 7.66. The zero-order valence-corrected chi connectivity index (χ0v) is 30.3. The Bertz CT molecular complexity index is 1840. The van der Waals surface area contributed by atoms with E-state index in [0.29, 0.717) is 50.7 Å². The predicted octanol–water partition coefficient (Wildman–Crippen LogP) is 9.45. The topological polar surface area (TPSA) is 77.5 Å². The number of benzene rings is 2. The molecular weight excluding hydrogens is 669 g/mol. The summed E-state index contributed by atoms with van der Waals surface area (Å²) in [4.78, 5) is 35.1. The van der Waals surface area contributed by atoms with Gasteiger partial charge in [0.05, 0.1) is 32.3 Å². The maximum Gasteiger partial charge on any atom is 0.259 e. The van der Waals surface area contributed by atoms with E-state index in [1.807, 2.05) is 44.8 Å². The number of unbranched alkanes of at least 4 members (excludes halogenated alkanes) is 6. The number of anilines is 2. The van der Waals surface area contributed by atoms with Crippen molar-refractivity contribution in [2.75, 3.05) is 49.3 Å². The van der Waals surface area contributed by atoms with Crippen molar-refractivity contribution in [1.82, 2.24) is 0 Å². The average Bonchev–Trinajstić information content (AvgIpc) is 3.90. The zero-order chi connectivity index (χ0) is 34.2. The molecule has 8 nitrogen and oxygen atoms in total. The van der Waals surface area contributed by atoms with Gasteiger partial charge in [-0.1, -0.05) is 76.6 Å². The summed E-state index contributed by atoms with van der Waals surface area (Å²) in [5.74, 6) is 2.84. The number of amides is 2. The van der Waals surface area contributed by atoms with Gasteiger partial charge < -0.3 is 28.7 Å². The fourth-order valence-corrected chi connectivity index (χ4v) is 9.24. The number of carbonyl (C=O) groups excluding carboxylic acids is 2. The van der Waals surface area contributed by atoms with Crippen LogP contribution >= 0.6 is 22.7 Å². The summed E-state index contributed by atoms with van der Waals surface area (Å²) < 4.78 is 23.7. The second-order valence-electron chi connectivity index (χ2n) is 13.2. The highest BCUT2D eigenvalue weighted by atomic mass is 32.1. The first-order valence-corrected chi connectivity index (χ1v) is 19.8. The van der Waals surface area contributed by atoms with E-state index in [4.69, 9.17) is 18.9 Å². The summed E-state index contributed by atoms with van der Waals surface area (Å²) >= 11 is 3.17. The van der Waals surface area contributed by atoms with Crippen LogP contribution in [0, 0.1) is 0 Å². The quantitative estimate of drug-likeness (QED) is 0.108. The molecule has 6 heterocycles. The van der Waals surface area contributed by atoms with Crippen molar-refractivity contribution in [2.45, 2.75) is 65.2 Å². The Balaban J connectivity index is 1.24.